The summed E-state index contributed by atoms with van der Waals surface area (Å²) in [6.07, 6.45) is 1.68. The van der Waals surface area contributed by atoms with E-state index in [4.69, 9.17) is 11.6 Å². The van der Waals surface area contributed by atoms with Gasteiger partial charge in [0.1, 0.15) is 11.2 Å². The molecule has 0 saturated heterocycles. The fourth-order valence-corrected chi connectivity index (χ4v) is 4.07. The van der Waals surface area contributed by atoms with Gasteiger partial charge in [-0.1, -0.05) is 41.9 Å². The number of amides is 2. The van der Waals surface area contributed by atoms with Gasteiger partial charge in [-0.15, -0.1) is 0 Å². The van der Waals surface area contributed by atoms with Gasteiger partial charge in [-0.3, -0.25) is 9.59 Å². The molecule has 0 unspecified atom stereocenters. The van der Waals surface area contributed by atoms with E-state index >= 15 is 0 Å². The largest absolute Gasteiger partial charge is 0.325 e. The van der Waals surface area contributed by atoms with E-state index in [-0.39, 0.29) is 18.2 Å². The van der Waals surface area contributed by atoms with Gasteiger partial charge in [-0.05, 0) is 23.8 Å². The fraction of sp³-hybridized carbons (Fsp3) is 0.105. The molecule has 26 heavy (non-hydrogen) atoms. The minimum absolute atomic E-state index is 0.0388. The quantitative estimate of drug-likeness (QED) is 0.696. The molecule has 0 radical (unpaired) electrons. The van der Waals surface area contributed by atoms with Gasteiger partial charge in [0.2, 0.25) is 11.8 Å². The lowest BCUT2D eigenvalue weighted by molar-refractivity contribution is -0.125. The van der Waals surface area contributed by atoms with Crippen LogP contribution in [0.15, 0.2) is 54.7 Å². The van der Waals surface area contributed by atoms with E-state index in [1.807, 2.05) is 42.5 Å². The lowest BCUT2D eigenvalue weighted by atomic mass is 9.72. The van der Waals surface area contributed by atoms with Crippen LogP contribution in [0.1, 0.15) is 17.5 Å². The molecule has 2 N–H and O–H groups in total. The number of hydrogen-bond acceptors (Lipinski definition) is 3. The maximum atomic E-state index is 13.0. The standard InChI is InChI=1S/C19H13ClN4O2/c20-13-6-2-4-8-15(13)24-17-12(10-21-24)19(9-16(25)23-17)11-5-1-3-7-14(11)22-18(19)26/h1-8,10H,9H2,(H,22,26)(H,23,25)/t19-/m0/s1. The molecule has 1 atom stereocenters. The van der Waals surface area contributed by atoms with Crippen LogP contribution in [0.4, 0.5) is 11.5 Å². The van der Waals surface area contributed by atoms with E-state index in [1.165, 1.54) is 0 Å². The molecule has 1 spiro atoms. The Balaban J connectivity index is 1.79. The maximum absolute atomic E-state index is 13.0. The van der Waals surface area contributed by atoms with Crippen LogP contribution in [-0.2, 0) is 15.0 Å². The van der Waals surface area contributed by atoms with E-state index in [2.05, 4.69) is 15.7 Å². The molecule has 0 bridgehead atoms. The first-order chi connectivity index (χ1) is 12.6. The van der Waals surface area contributed by atoms with Gasteiger partial charge in [-0.2, -0.15) is 5.10 Å². The van der Waals surface area contributed by atoms with Crippen molar-refractivity contribution in [2.45, 2.75) is 11.8 Å². The van der Waals surface area contributed by atoms with Crippen molar-refractivity contribution in [3.8, 4) is 5.69 Å². The highest BCUT2D eigenvalue weighted by Crippen LogP contribution is 2.50. The molecule has 3 heterocycles. The highest BCUT2D eigenvalue weighted by molar-refractivity contribution is 6.32. The van der Waals surface area contributed by atoms with Crippen molar-refractivity contribution in [3.05, 3.63) is 70.9 Å². The molecule has 128 valence electrons. The number of nitrogens with one attached hydrogen (secondary N) is 2. The molecule has 1 aromatic heterocycles. The lowest BCUT2D eigenvalue weighted by Gasteiger charge is -2.31. The number of benzene rings is 2. The van der Waals surface area contributed by atoms with E-state index in [0.29, 0.717) is 22.1 Å². The van der Waals surface area contributed by atoms with Crippen LogP contribution in [0.5, 0.6) is 0 Å². The van der Waals surface area contributed by atoms with Crippen LogP contribution in [0, 0.1) is 0 Å². The molecule has 0 aliphatic carbocycles. The minimum atomic E-state index is -1.08. The third-order valence-corrected chi connectivity index (χ3v) is 5.34. The van der Waals surface area contributed by atoms with Crippen LogP contribution in [0.25, 0.3) is 5.69 Å². The van der Waals surface area contributed by atoms with Crippen molar-refractivity contribution in [3.63, 3.8) is 0 Å². The van der Waals surface area contributed by atoms with Gasteiger partial charge in [0.25, 0.3) is 0 Å². The number of nitrogens with zero attached hydrogens (tertiary/aromatic N) is 2. The molecule has 7 heteroatoms. The molecular weight excluding hydrogens is 352 g/mol. The Bertz CT molecular complexity index is 1090. The summed E-state index contributed by atoms with van der Waals surface area (Å²) >= 11 is 6.30. The summed E-state index contributed by atoms with van der Waals surface area (Å²) in [5.74, 6) is 0.0212. The zero-order valence-electron chi connectivity index (χ0n) is 13.5. The van der Waals surface area contributed by atoms with Crippen LogP contribution < -0.4 is 10.6 Å². The monoisotopic (exact) mass is 364 g/mol. The average molecular weight is 365 g/mol. The van der Waals surface area contributed by atoms with Crippen molar-refractivity contribution in [2.75, 3.05) is 10.6 Å². The number of rotatable bonds is 1. The zero-order valence-corrected chi connectivity index (χ0v) is 14.2. The molecule has 0 saturated carbocycles. The number of carbonyl (C=O) groups excluding carboxylic acids is 2. The molecule has 2 aliphatic rings. The Labute approximate surface area is 153 Å². The van der Waals surface area contributed by atoms with Gasteiger partial charge in [0.15, 0.2) is 0 Å². The minimum Gasteiger partial charge on any atom is -0.325 e. The molecule has 2 aromatic carbocycles. The third-order valence-electron chi connectivity index (χ3n) is 5.02. The van der Waals surface area contributed by atoms with Crippen molar-refractivity contribution < 1.29 is 9.59 Å². The number of fused-ring (bicyclic) bond motifs is 4. The van der Waals surface area contributed by atoms with Gasteiger partial charge < -0.3 is 10.6 Å². The zero-order chi connectivity index (χ0) is 17.9. The van der Waals surface area contributed by atoms with Crippen LogP contribution in [-0.4, -0.2) is 21.6 Å². The lowest BCUT2D eigenvalue weighted by Crippen LogP contribution is -2.43. The SMILES string of the molecule is O=C1C[C@@]2(C(=O)Nc3ccccc32)c2cnn(-c3ccccc3Cl)c2N1. The van der Waals surface area contributed by atoms with Crippen molar-refractivity contribution in [2.24, 2.45) is 0 Å². The highest BCUT2D eigenvalue weighted by Gasteiger charge is 2.54. The maximum Gasteiger partial charge on any atom is 0.240 e. The highest BCUT2D eigenvalue weighted by atomic mass is 35.5. The van der Waals surface area contributed by atoms with Crippen molar-refractivity contribution in [1.29, 1.82) is 0 Å². The first kappa shape index (κ1) is 15.2. The normalized spacial score (nSPS) is 20.5. The van der Waals surface area contributed by atoms with Crippen LogP contribution in [0.2, 0.25) is 5.02 Å². The smallest absolute Gasteiger partial charge is 0.240 e. The first-order valence-corrected chi connectivity index (χ1v) is 8.53. The molecule has 0 fully saturated rings. The summed E-state index contributed by atoms with van der Waals surface area (Å²) < 4.78 is 1.57. The summed E-state index contributed by atoms with van der Waals surface area (Å²) in [6.45, 7) is 0. The second-order valence-corrected chi connectivity index (χ2v) is 6.81. The first-order valence-electron chi connectivity index (χ1n) is 8.15. The van der Waals surface area contributed by atoms with E-state index in [0.717, 1.165) is 11.3 Å². The van der Waals surface area contributed by atoms with Crippen molar-refractivity contribution >= 4 is 34.9 Å². The molecular formula is C19H13ClN4O2. The van der Waals surface area contributed by atoms with Crippen molar-refractivity contribution in [1.82, 2.24) is 9.78 Å². The van der Waals surface area contributed by atoms with E-state index < -0.39 is 5.41 Å². The Morgan fingerprint density at radius 3 is 2.62 bits per heavy atom. The van der Waals surface area contributed by atoms with Gasteiger partial charge in [-0.25, -0.2) is 4.68 Å². The number of aromatic nitrogens is 2. The van der Waals surface area contributed by atoms with E-state index in [1.54, 1.807) is 16.9 Å². The molecule has 2 amide bonds. The number of para-hydroxylation sites is 2. The third kappa shape index (κ3) is 1.84. The summed E-state index contributed by atoms with van der Waals surface area (Å²) in [5, 5.41) is 10.7. The van der Waals surface area contributed by atoms with Gasteiger partial charge >= 0.3 is 0 Å². The van der Waals surface area contributed by atoms with Crippen LogP contribution in [0.3, 0.4) is 0 Å². The number of carbonyl (C=O) groups is 2. The second kappa shape index (κ2) is 5.19. The average Bonchev–Trinajstić information content (AvgIpc) is 3.16. The molecule has 2 aliphatic heterocycles. The fourth-order valence-electron chi connectivity index (χ4n) is 3.86. The predicted octanol–water partition coefficient (Wildman–Crippen LogP) is 3.11. The second-order valence-electron chi connectivity index (χ2n) is 6.40. The Hall–Kier alpha value is -3.12. The molecule has 6 nitrogen and oxygen atoms in total. The summed E-state index contributed by atoms with van der Waals surface area (Å²) in [7, 11) is 0. The summed E-state index contributed by atoms with van der Waals surface area (Å²) in [4.78, 5) is 25.5. The summed E-state index contributed by atoms with van der Waals surface area (Å²) in [6, 6.07) is 14.7. The Kier molecular flexibility index (Phi) is 3.02. The Morgan fingerprint density at radius 1 is 1.00 bits per heavy atom. The van der Waals surface area contributed by atoms with Gasteiger partial charge in [0, 0.05) is 17.7 Å². The number of hydrogen-bond donors (Lipinski definition) is 2. The van der Waals surface area contributed by atoms with E-state index in [9.17, 15) is 9.59 Å². The topological polar surface area (TPSA) is 76.0 Å². The van der Waals surface area contributed by atoms with Crippen LogP contribution >= 0.6 is 11.6 Å². The van der Waals surface area contributed by atoms with Gasteiger partial charge in [0.05, 0.1) is 16.9 Å². The number of halogens is 1. The molecule has 5 rings (SSSR count). The molecule has 3 aromatic rings. The summed E-state index contributed by atoms with van der Waals surface area (Å²) in [5.41, 5.74) is 1.75. The Morgan fingerprint density at radius 2 is 1.77 bits per heavy atom. The number of anilines is 2. The predicted molar refractivity (Wildman–Crippen MR) is 97.7 cm³/mol.